The molecule has 1 aromatic rings. The van der Waals surface area contributed by atoms with E-state index in [-0.39, 0.29) is 6.42 Å². The third kappa shape index (κ3) is 6.33. The molecule has 0 atom stereocenters. The molecule has 0 fully saturated rings. The fraction of sp³-hybridized carbons (Fsp3) is 0.250. The summed E-state index contributed by atoms with van der Waals surface area (Å²) in [6.07, 6.45) is 5.18. The third-order valence-electron chi connectivity index (χ3n) is 1.67. The van der Waals surface area contributed by atoms with Gasteiger partial charge in [0.1, 0.15) is 5.69 Å². The molecule has 16 heavy (non-hydrogen) atoms. The van der Waals surface area contributed by atoms with Crippen molar-refractivity contribution in [2.24, 2.45) is 5.18 Å². The summed E-state index contributed by atoms with van der Waals surface area (Å²) in [5.41, 5.74) is 1.26. The second-order valence-corrected chi connectivity index (χ2v) is 2.94. The molecule has 0 aliphatic heterocycles. The van der Waals surface area contributed by atoms with Crippen LogP contribution in [0.2, 0.25) is 0 Å². The molecular weight excluding hydrogens is 206 g/mol. The molecule has 0 unspecified atom stereocenters. The van der Waals surface area contributed by atoms with E-state index in [1.807, 2.05) is 0 Å². The van der Waals surface area contributed by atoms with Crippen molar-refractivity contribution in [3.63, 3.8) is 0 Å². The first-order valence-electron chi connectivity index (χ1n) is 4.65. The molecule has 0 aromatic heterocycles. The van der Waals surface area contributed by atoms with Crippen molar-refractivity contribution in [1.29, 1.82) is 0 Å². The predicted octanol–water partition coefficient (Wildman–Crippen LogP) is 2.74. The highest BCUT2D eigenvalue weighted by molar-refractivity contribution is 5.67. The Balaban J connectivity index is 0.000000673. The SMILES string of the molecule is C#CC.O=Nc1ccc(CCC(=O)O)cc1. The molecule has 4 heteroatoms. The average Bonchev–Trinajstić information content (AvgIpc) is 2.28. The lowest BCUT2D eigenvalue weighted by molar-refractivity contribution is -0.136. The van der Waals surface area contributed by atoms with Gasteiger partial charge < -0.3 is 5.11 Å². The van der Waals surface area contributed by atoms with Crippen LogP contribution in [0.1, 0.15) is 18.9 Å². The van der Waals surface area contributed by atoms with Crippen molar-refractivity contribution in [3.8, 4) is 12.3 Å². The number of rotatable bonds is 4. The standard InChI is InChI=1S/C9H9NO3.C3H4/c11-9(12)6-3-7-1-4-8(10-13)5-2-7;1-3-2/h1-2,4-5H,3,6H2,(H,11,12);1H,2H3. The average molecular weight is 219 g/mol. The first kappa shape index (κ1) is 13.8. The first-order valence-corrected chi connectivity index (χ1v) is 4.65. The molecule has 1 N–H and O–H groups in total. The van der Waals surface area contributed by atoms with Gasteiger partial charge in [-0.1, -0.05) is 12.1 Å². The summed E-state index contributed by atoms with van der Waals surface area (Å²) in [6, 6.07) is 6.56. The van der Waals surface area contributed by atoms with E-state index in [0.717, 1.165) is 5.56 Å². The lowest BCUT2D eigenvalue weighted by Crippen LogP contribution is -1.96. The van der Waals surface area contributed by atoms with E-state index in [4.69, 9.17) is 5.11 Å². The maximum atomic E-state index is 10.2. The van der Waals surface area contributed by atoms with Gasteiger partial charge in [-0.3, -0.25) is 4.79 Å². The minimum Gasteiger partial charge on any atom is -0.481 e. The van der Waals surface area contributed by atoms with E-state index in [0.29, 0.717) is 12.1 Å². The van der Waals surface area contributed by atoms with Gasteiger partial charge in [0.2, 0.25) is 0 Å². The maximum Gasteiger partial charge on any atom is 0.303 e. The minimum absolute atomic E-state index is 0.105. The van der Waals surface area contributed by atoms with Gasteiger partial charge >= 0.3 is 5.97 Å². The number of nitrogens with zero attached hydrogens (tertiary/aromatic N) is 1. The molecule has 0 saturated carbocycles. The smallest absolute Gasteiger partial charge is 0.303 e. The van der Waals surface area contributed by atoms with Crippen LogP contribution in [0.3, 0.4) is 0 Å². The van der Waals surface area contributed by atoms with Crippen LogP contribution in [0, 0.1) is 17.3 Å². The van der Waals surface area contributed by atoms with Gasteiger partial charge in [-0.2, -0.15) is 0 Å². The Labute approximate surface area is 94.3 Å². The molecule has 1 aromatic carbocycles. The number of hydrogen-bond donors (Lipinski definition) is 1. The predicted molar refractivity (Wildman–Crippen MR) is 62.4 cm³/mol. The Morgan fingerprint density at radius 3 is 2.31 bits per heavy atom. The van der Waals surface area contributed by atoms with Gasteiger partial charge in [-0.25, -0.2) is 0 Å². The van der Waals surface area contributed by atoms with Crippen LogP contribution in [0.15, 0.2) is 29.4 Å². The van der Waals surface area contributed by atoms with Gasteiger partial charge in [-0.05, 0) is 36.2 Å². The zero-order chi connectivity index (χ0) is 12.4. The molecule has 1 rings (SSSR count). The zero-order valence-corrected chi connectivity index (χ0v) is 9.01. The number of nitroso groups, excluding NO2 is 1. The number of benzene rings is 1. The van der Waals surface area contributed by atoms with E-state index in [9.17, 15) is 9.70 Å². The van der Waals surface area contributed by atoms with Crippen LogP contribution in [0.25, 0.3) is 0 Å². The molecule has 0 heterocycles. The number of aliphatic carboxylic acids is 1. The molecule has 0 bridgehead atoms. The van der Waals surface area contributed by atoms with E-state index in [1.165, 1.54) is 0 Å². The van der Waals surface area contributed by atoms with Crippen molar-refractivity contribution in [1.82, 2.24) is 0 Å². The van der Waals surface area contributed by atoms with Crippen LogP contribution in [0.5, 0.6) is 0 Å². The molecular formula is C12H13NO3. The Kier molecular flexibility index (Phi) is 7.08. The lowest BCUT2D eigenvalue weighted by atomic mass is 10.1. The fourth-order valence-corrected chi connectivity index (χ4v) is 0.975. The van der Waals surface area contributed by atoms with Gasteiger partial charge in [0.25, 0.3) is 0 Å². The Morgan fingerprint density at radius 2 is 1.94 bits per heavy atom. The van der Waals surface area contributed by atoms with Crippen LogP contribution < -0.4 is 0 Å². The second-order valence-electron chi connectivity index (χ2n) is 2.94. The molecule has 0 aliphatic rings. The van der Waals surface area contributed by atoms with Gasteiger partial charge in [0.15, 0.2) is 0 Å². The lowest BCUT2D eigenvalue weighted by Gasteiger charge is -1.97. The molecule has 0 spiro atoms. The summed E-state index contributed by atoms with van der Waals surface area (Å²) in [6.45, 7) is 1.65. The van der Waals surface area contributed by atoms with Gasteiger partial charge in [0.05, 0.1) is 0 Å². The topological polar surface area (TPSA) is 66.7 Å². The van der Waals surface area contributed by atoms with Crippen LogP contribution in [0.4, 0.5) is 5.69 Å². The molecule has 0 radical (unpaired) electrons. The molecule has 0 amide bonds. The van der Waals surface area contributed by atoms with Crippen LogP contribution >= 0.6 is 0 Å². The number of carboxylic acid groups (broad SMARTS) is 1. The maximum absolute atomic E-state index is 10.2. The summed E-state index contributed by atoms with van der Waals surface area (Å²) in [5.74, 6) is 1.43. The number of terminal acetylenes is 1. The molecule has 4 nitrogen and oxygen atoms in total. The second kappa shape index (κ2) is 8.18. The largest absolute Gasteiger partial charge is 0.481 e. The highest BCUT2D eigenvalue weighted by Crippen LogP contribution is 2.13. The summed E-state index contributed by atoms with van der Waals surface area (Å²) in [4.78, 5) is 20.3. The summed E-state index contributed by atoms with van der Waals surface area (Å²) in [7, 11) is 0. The Bertz CT molecular complexity index is 376. The van der Waals surface area contributed by atoms with E-state index in [2.05, 4.69) is 17.5 Å². The van der Waals surface area contributed by atoms with Crippen molar-refractivity contribution in [2.75, 3.05) is 0 Å². The molecule has 84 valence electrons. The van der Waals surface area contributed by atoms with E-state index < -0.39 is 5.97 Å². The van der Waals surface area contributed by atoms with Crippen molar-refractivity contribution in [3.05, 3.63) is 34.7 Å². The highest BCUT2D eigenvalue weighted by Gasteiger charge is 1.98. The number of carbonyl (C=O) groups is 1. The number of carboxylic acids is 1. The molecule has 0 saturated heterocycles. The molecule has 0 aliphatic carbocycles. The minimum atomic E-state index is -0.822. The van der Waals surface area contributed by atoms with Crippen molar-refractivity contribution in [2.45, 2.75) is 19.8 Å². The van der Waals surface area contributed by atoms with E-state index >= 15 is 0 Å². The van der Waals surface area contributed by atoms with Gasteiger partial charge in [-0.15, -0.1) is 17.3 Å². The van der Waals surface area contributed by atoms with Crippen molar-refractivity contribution >= 4 is 11.7 Å². The van der Waals surface area contributed by atoms with E-state index in [1.54, 1.807) is 31.2 Å². The highest BCUT2D eigenvalue weighted by atomic mass is 16.4. The fourth-order valence-electron chi connectivity index (χ4n) is 0.975. The van der Waals surface area contributed by atoms with Gasteiger partial charge in [0, 0.05) is 6.42 Å². The third-order valence-corrected chi connectivity index (χ3v) is 1.67. The zero-order valence-electron chi connectivity index (χ0n) is 9.01. The number of hydrogen-bond acceptors (Lipinski definition) is 3. The summed E-state index contributed by atoms with van der Waals surface area (Å²) in [5, 5.41) is 11.1. The van der Waals surface area contributed by atoms with Crippen molar-refractivity contribution < 1.29 is 9.90 Å². The monoisotopic (exact) mass is 219 g/mol. The first-order chi connectivity index (χ1) is 7.63. The van der Waals surface area contributed by atoms with Crippen LogP contribution in [-0.4, -0.2) is 11.1 Å². The summed E-state index contributed by atoms with van der Waals surface area (Å²) >= 11 is 0. The summed E-state index contributed by atoms with van der Waals surface area (Å²) < 4.78 is 0. The quantitative estimate of drug-likeness (QED) is 0.625. The Morgan fingerprint density at radius 1 is 1.44 bits per heavy atom. The normalized spacial score (nSPS) is 8.25. The number of aryl methyl sites for hydroxylation is 1. The van der Waals surface area contributed by atoms with Crippen LogP contribution in [-0.2, 0) is 11.2 Å². The Hall–Kier alpha value is -2.15.